The lowest BCUT2D eigenvalue weighted by Crippen LogP contribution is -2.51. The van der Waals surface area contributed by atoms with Gasteiger partial charge in [0.15, 0.2) is 0 Å². The lowest BCUT2D eigenvalue weighted by atomic mass is 10.1. The molecule has 0 aromatic heterocycles. The minimum atomic E-state index is -1.26. The summed E-state index contributed by atoms with van der Waals surface area (Å²) >= 11 is 0. The van der Waals surface area contributed by atoms with Crippen molar-refractivity contribution in [3.05, 3.63) is 70.8 Å². The highest BCUT2D eigenvalue weighted by Gasteiger charge is 2.25. The van der Waals surface area contributed by atoms with Crippen molar-refractivity contribution >= 4 is 11.8 Å². The fraction of sp³-hybridized carbons (Fsp3) is 0.333. The second-order valence-corrected chi connectivity index (χ2v) is 7.22. The zero-order valence-corrected chi connectivity index (χ0v) is 17.8. The zero-order chi connectivity index (χ0) is 22.6. The van der Waals surface area contributed by atoms with E-state index < -0.39 is 24.0 Å². The average Bonchev–Trinajstić information content (AvgIpc) is 2.79. The van der Waals surface area contributed by atoms with E-state index in [1.165, 1.54) is 30.8 Å². The molecule has 164 valence electrons. The fourth-order valence-electron chi connectivity index (χ4n) is 2.79. The highest BCUT2D eigenvalue weighted by atomic mass is 16.5. The molecule has 0 heterocycles. The number of aliphatic hydroxyl groups is 1. The van der Waals surface area contributed by atoms with Gasteiger partial charge in [0, 0.05) is 23.2 Å². The molecule has 2 aromatic rings. The van der Waals surface area contributed by atoms with Crippen molar-refractivity contribution in [3.8, 4) is 11.8 Å². The lowest BCUT2D eigenvalue weighted by molar-refractivity contribution is -0.133. The summed E-state index contributed by atoms with van der Waals surface area (Å²) < 4.78 is 0. The molecule has 0 radical (unpaired) electrons. The Morgan fingerprint density at radius 1 is 1.00 bits per heavy atom. The first-order chi connectivity index (χ1) is 14.9. The number of hydroxylamine groups is 1. The van der Waals surface area contributed by atoms with Crippen molar-refractivity contribution in [2.75, 3.05) is 6.54 Å². The Morgan fingerprint density at radius 2 is 1.58 bits per heavy atom. The standard InChI is InChI=1S/C24H29N3O4/c1-3-4-15-25-16-20-9-7-18(8-10-20)5-6-19-11-13-21(14-12-19)23(29)26-22(17(2)28)24(30)27-31/h7-14,17,22,25,28,31H,3-4,15-16H2,1-2H3,(H,26,29)(H,27,30)/t17-,22+/m1/s1. The van der Waals surface area contributed by atoms with Crippen molar-refractivity contribution in [1.82, 2.24) is 16.1 Å². The summed E-state index contributed by atoms with van der Waals surface area (Å²) in [6.45, 7) is 5.37. The molecule has 0 unspecified atom stereocenters. The van der Waals surface area contributed by atoms with Gasteiger partial charge in [-0.05, 0) is 61.9 Å². The zero-order valence-electron chi connectivity index (χ0n) is 17.8. The maximum absolute atomic E-state index is 12.3. The van der Waals surface area contributed by atoms with Crippen LogP contribution in [0.4, 0.5) is 0 Å². The summed E-state index contributed by atoms with van der Waals surface area (Å²) in [5, 5.41) is 24.1. The molecule has 31 heavy (non-hydrogen) atoms. The van der Waals surface area contributed by atoms with Crippen LogP contribution in [0.2, 0.25) is 0 Å². The number of unbranched alkanes of at least 4 members (excludes halogenated alkanes) is 1. The van der Waals surface area contributed by atoms with Gasteiger partial charge in [-0.1, -0.05) is 37.3 Å². The SMILES string of the molecule is CCCCNCc1ccc(C#Cc2ccc(C(=O)N[C@H](C(=O)NO)[C@@H](C)O)cc2)cc1. The van der Waals surface area contributed by atoms with Crippen LogP contribution in [-0.4, -0.2) is 40.8 Å². The molecule has 2 amide bonds. The van der Waals surface area contributed by atoms with Crippen LogP contribution < -0.4 is 16.1 Å². The molecule has 0 saturated heterocycles. The number of amides is 2. The summed E-state index contributed by atoms with van der Waals surface area (Å²) in [7, 11) is 0. The maximum atomic E-state index is 12.3. The number of rotatable bonds is 9. The van der Waals surface area contributed by atoms with Gasteiger partial charge in [0.05, 0.1) is 6.10 Å². The van der Waals surface area contributed by atoms with E-state index in [1.54, 1.807) is 24.3 Å². The summed E-state index contributed by atoms with van der Waals surface area (Å²) in [6, 6.07) is 13.4. The Hall–Kier alpha value is -3.18. The molecule has 0 aliphatic carbocycles. The second-order valence-electron chi connectivity index (χ2n) is 7.22. The quantitative estimate of drug-likeness (QED) is 0.183. The largest absolute Gasteiger partial charge is 0.391 e. The average molecular weight is 424 g/mol. The van der Waals surface area contributed by atoms with Gasteiger partial charge in [-0.25, -0.2) is 5.48 Å². The van der Waals surface area contributed by atoms with E-state index in [-0.39, 0.29) is 0 Å². The minimum absolute atomic E-state index is 0.307. The van der Waals surface area contributed by atoms with Crippen LogP contribution in [-0.2, 0) is 11.3 Å². The molecule has 0 aliphatic heterocycles. The normalized spacial score (nSPS) is 12.3. The smallest absolute Gasteiger partial charge is 0.268 e. The van der Waals surface area contributed by atoms with Crippen LogP contribution in [0.3, 0.4) is 0 Å². The van der Waals surface area contributed by atoms with Gasteiger partial charge < -0.3 is 15.7 Å². The monoisotopic (exact) mass is 423 g/mol. The number of nitrogens with one attached hydrogen (secondary N) is 3. The van der Waals surface area contributed by atoms with Crippen LogP contribution >= 0.6 is 0 Å². The summed E-state index contributed by atoms with van der Waals surface area (Å²) in [5.41, 5.74) is 4.58. The van der Waals surface area contributed by atoms with E-state index >= 15 is 0 Å². The van der Waals surface area contributed by atoms with Gasteiger partial charge in [0.2, 0.25) is 0 Å². The fourth-order valence-corrected chi connectivity index (χ4v) is 2.79. The van der Waals surface area contributed by atoms with Crippen LogP contribution in [0, 0.1) is 11.8 Å². The van der Waals surface area contributed by atoms with Gasteiger partial charge >= 0.3 is 0 Å². The Kier molecular flexibility index (Phi) is 9.72. The van der Waals surface area contributed by atoms with Crippen molar-refractivity contribution in [1.29, 1.82) is 0 Å². The van der Waals surface area contributed by atoms with E-state index in [0.717, 1.165) is 24.2 Å². The van der Waals surface area contributed by atoms with Crippen LogP contribution in [0.1, 0.15) is 53.7 Å². The first-order valence-electron chi connectivity index (χ1n) is 10.3. The molecule has 0 bridgehead atoms. The third-order valence-corrected chi connectivity index (χ3v) is 4.65. The predicted octanol–water partition coefficient (Wildman–Crippen LogP) is 1.96. The Morgan fingerprint density at radius 3 is 2.10 bits per heavy atom. The molecule has 5 N–H and O–H groups in total. The van der Waals surface area contributed by atoms with Gasteiger partial charge in [-0.15, -0.1) is 0 Å². The summed E-state index contributed by atoms with van der Waals surface area (Å²) in [6.07, 6.45) is 1.18. The highest BCUT2D eigenvalue weighted by molar-refractivity contribution is 5.97. The lowest BCUT2D eigenvalue weighted by Gasteiger charge is -2.19. The number of hydrogen-bond acceptors (Lipinski definition) is 5. The van der Waals surface area contributed by atoms with Gasteiger partial charge in [0.25, 0.3) is 11.8 Å². The summed E-state index contributed by atoms with van der Waals surface area (Å²) in [5.74, 6) is 4.72. The molecule has 2 rings (SSSR count). The molecule has 0 aliphatic rings. The van der Waals surface area contributed by atoms with E-state index in [0.29, 0.717) is 5.56 Å². The Bertz CT molecular complexity index is 913. The van der Waals surface area contributed by atoms with E-state index in [2.05, 4.69) is 41.5 Å². The molecular weight excluding hydrogens is 394 g/mol. The molecule has 2 atom stereocenters. The molecule has 0 fully saturated rings. The number of hydrogen-bond donors (Lipinski definition) is 5. The maximum Gasteiger partial charge on any atom is 0.268 e. The Labute approximate surface area is 182 Å². The Balaban J connectivity index is 1.96. The summed E-state index contributed by atoms with van der Waals surface area (Å²) in [4.78, 5) is 23.8. The van der Waals surface area contributed by atoms with Gasteiger partial charge in [-0.3, -0.25) is 14.8 Å². The topological polar surface area (TPSA) is 111 Å². The second kappa shape index (κ2) is 12.5. The molecule has 0 saturated carbocycles. The first-order valence-corrected chi connectivity index (χ1v) is 10.3. The molecular formula is C24H29N3O4. The molecule has 7 heteroatoms. The third kappa shape index (κ3) is 7.87. The molecule has 2 aromatic carbocycles. The van der Waals surface area contributed by atoms with Crippen molar-refractivity contribution in [2.45, 2.75) is 45.4 Å². The predicted molar refractivity (Wildman–Crippen MR) is 118 cm³/mol. The highest BCUT2D eigenvalue weighted by Crippen LogP contribution is 2.07. The third-order valence-electron chi connectivity index (χ3n) is 4.65. The van der Waals surface area contributed by atoms with Crippen LogP contribution in [0.5, 0.6) is 0 Å². The number of benzene rings is 2. The molecule has 0 spiro atoms. The van der Waals surface area contributed by atoms with E-state index in [9.17, 15) is 14.7 Å². The van der Waals surface area contributed by atoms with Crippen molar-refractivity contribution < 1.29 is 19.9 Å². The van der Waals surface area contributed by atoms with Crippen LogP contribution in [0.25, 0.3) is 0 Å². The number of carbonyl (C=O) groups excluding carboxylic acids is 2. The van der Waals surface area contributed by atoms with Gasteiger partial charge in [-0.2, -0.15) is 0 Å². The minimum Gasteiger partial charge on any atom is -0.391 e. The first kappa shape index (κ1) is 24.1. The number of aliphatic hydroxyl groups excluding tert-OH is 1. The van der Waals surface area contributed by atoms with Gasteiger partial charge in [0.1, 0.15) is 6.04 Å². The van der Waals surface area contributed by atoms with E-state index in [1.807, 2.05) is 12.1 Å². The van der Waals surface area contributed by atoms with Crippen LogP contribution in [0.15, 0.2) is 48.5 Å². The number of carbonyl (C=O) groups is 2. The van der Waals surface area contributed by atoms with Crippen molar-refractivity contribution in [2.24, 2.45) is 0 Å². The molecule has 7 nitrogen and oxygen atoms in total. The van der Waals surface area contributed by atoms with Crippen molar-refractivity contribution in [3.63, 3.8) is 0 Å². The van der Waals surface area contributed by atoms with E-state index in [4.69, 9.17) is 5.21 Å².